The van der Waals surface area contributed by atoms with Crippen LogP contribution in [-0.4, -0.2) is 9.78 Å². The molecule has 18 heavy (non-hydrogen) atoms. The van der Waals surface area contributed by atoms with Gasteiger partial charge in [0.25, 0.3) is 0 Å². The number of nitrogens with two attached hydrogens (primary N) is 1. The number of aromatic nitrogens is 2. The Morgan fingerprint density at radius 3 is 2.06 bits per heavy atom. The zero-order valence-electron chi connectivity index (χ0n) is 11.8. The van der Waals surface area contributed by atoms with Crippen LogP contribution in [0.2, 0.25) is 0 Å². The lowest BCUT2D eigenvalue weighted by Crippen LogP contribution is -2.14. The highest BCUT2D eigenvalue weighted by atomic mass is 15.3. The summed E-state index contributed by atoms with van der Waals surface area (Å²) in [6.45, 7) is 10.6. The van der Waals surface area contributed by atoms with Crippen molar-refractivity contribution in [1.82, 2.24) is 9.78 Å². The van der Waals surface area contributed by atoms with Gasteiger partial charge in [-0.3, -0.25) is 0 Å². The summed E-state index contributed by atoms with van der Waals surface area (Å²) < 4.78 is 1.90. The van der Waals surface area contributed by atoms with Gasteiger partial charge in [-0.25, -0.2) is 4.68 Å². The lowest BCUT2D eigenvalue weighted by molar-refractivity contribution is 0.567. The van der Waals surface area contributed by atoms with Crippen LogP contribution >= 0.6 is 0 Å². The van der Waals surface area contributed by atoms with Crippen LogP contribution in [0.4, 0.5) is 5.82 Å². The van der Waals surface area contributed by atoms with Crippen LogP contribution in [0.15, 0.2) is 18.3 Å². The third-order valence-corrected chi connectivity index (χ3v) is 3.55. The summed E-state index contributed by atoms with van der Waals surface area (Å²) in [6, 6.07) is 4.59. The number of rotatable bonds is 2. The molecule has 0 bridgehead atoms. The second kappa shape index (κ2) is 4.48. The number of hydrogen-bond donors (Lipinski definition) is 1. The van der Waals surface area contributed by atoms with E-state index in [0.29, 0.717) is 0 Å². The lowest BCUT2D eigenvalue weighted by Gasteiger charge is -2.20. The Balaban J connectivity index is 2.53. The fourth-order valence-corrected chi connectivity index (χ4v) is 2.74. The lowest BCUT2D eigenvalue weighted by atomic mass is 9.95. The molecule has 0 amide bonds. The maximum Gasteiger partial charge on any atom is 0.125 e. The van der Waals surface area contributed by atoms with Crippen molar-refractivity contribution in [2.75, 3.05) is 5.73 Å². The maximum atomic E-state index is 6.07. The van der Waals surface area contributed by atoms with E-state index in [-0.39, 0.29) is 6.04 Å². The van der Waals surface area contributed by atoms with Crippen LogP contribution in [0.5, 0.6) is 0 Å². The predicted molar refractivity (Wildman–Crippen MR) is 75.8 cm³/mol. The first-order valence-electron chi connectivity index (χ1n) is 6.29. The van der Waals surface area contributed by atoms with E-state index in [2.05, 4.69) is 44.9 Å². The summed E-state index contributed by atoms with van der Waals surface area (Å²) in [5, 5.41) is 4.39. The average Bonchev–Trinajstić information content (AvgIpc) is 2.58. The summed E-state index contributed by atoms with van der Waals surface area (Å²) in [7, 11) is 0. The fraction of sp³-hybridized carbons (Fsp3) is 0.400. The Morgan fingerprint density at radius 2 is 1.61 bits per heavy atom. The van der Waals surface area contributed by atoms with Gasteiger partial charge in [-0.1, -0.05) is 17.7 Å². The summed E-state index contributed by atoms with van der Waals surface area (Å²) in [6.07, 6.45) is 1.82. The van der Waals surface area contributed by atoms with Crippen LogP contribution in [0.25, 0.3) is 0 Å². The molecular weight excluding hydrogens is 222 g/mol. The van der Waals surface area contributed by atoms with Crippen molar-refractivity contribution in [1.29, 1.82) is 0 Å². The van der Waals surface area contributed by atoms with Crippen molar-refractivity contribution >= 4 is 5.82 Å². The number of nitrogen functional groups attached to an aromatic ring is 1. The molecule has 2 rings (SSSR count). The molecule has 0 radical (unpaired) electrons. The van der Waals surface area contributed by atoms with Crippen LogP contribution in [0.1, 0.15) is 40.8 Å². The van der Waals surface area contributed by atoms with E-state index < -0.39 is 0 Å². The third-order valence-electron chi connectivity index (χ3n) is 3.55. The third kappa shape index (κ3) is 2.01. The molecule has 3 heteroatoms. The van der Waals surface area contributed by atoms with Crippen LogP contribution in [0.3, 0.4) is 0 Å². The Morgan fingerprint density at radius 1 is 1.06 bits per heavy atom. The van der Waals surface area contributed by atoms with Gasteiger partial charge in [0, 0.05) is 5.56 Å². The van der Waals surface area contributed by atoms with Crippen molar-refractivity contribution in [2.45, 2.75) is 40.7 Å². The molecule has 1 aromatic heterocycles. The molecule has 96 valence electrons. The monoisotopic (exact) mass is 243 g/mol. The Kier molecular flexibility index (Phi) is 3.16. The fourth-order valence-electron chi connectivity index (χ4n) is 2.74. The van der Waals surface area contributed by atoms with Crippen molar-refractivity contribution in [2.24, 2.45) is 0 Å². The first kappa shape index (κ1) is 12.7. The first-order chi connectivity index (χ1) is 8.41. The molecule has 1 unspecified atom stereocenters. The highest BCUT2D eigenvalue weighted by molar-refractivity contribution is 5.43. The standard InChI is InChI=1S/C15H21N3/c1-9-6-10(2)14(11(3)7-9)13(5)18-15(16)12(4)8-17-18/h6-8,13H,16H2,1-5H3. The van der Waals surface area contributed by atoms with Crippen LogP contribution in [-0.2, 0) is 0 Å². The Labute approximate surface area is 109 Å². The molecule has 1 aromatic carbocycles. The van der Waals surface area contributed by atoms with Gasteiger partial charge in [-0.05, 0) is 51.3 Å². The molecule has 3 nitrogen and oxygen atoms in total. The zero-order valence-corrected chi connectivity index (χ0v) is 11.8. The normalized spacial score (nSPS) is 12.7. The Hall–Kier alpha value is -1.77. The van der Waals surface area contributed by atoms with Crippen molar-refractivity contribution in [3.05, 3.63) is 46.1 Å². The van der Waals surface area contributed by atoms with Gasteiger partial charge >= 0.3 is 0 Å². The molecule has 0 saturated carbocycles. The van der Waals surface area contributed by atoms with E-state index in [1.807, 2.05) is 17.8 Å². The smallest absolute Gasteiger partial charge is 0.125 e. The Bertz CT molecular complexity index is 558. The zero-order chi connectivity index (χ0) is 13.4. The largest absolute Gasteiger partial charge is 0.384 e. The van der Waals surface area contributed by atoms with Gasteiger partial charge in [-0.15, -0.1) is 0 Å². The summed E-state index contributed by atoms with van der Waals surface area (Å²) in [5.74, 6) is 0.752. The van der Waals surface area contributed by atoms with Crippen LogP contribution < -0.4 is 5.73 Å². The first-order valence-corrected chi connectivity index (χ1v) is 6.29. The quantitative estimate of drug-likeness (QED) is 0.879. The maximum absolute atomic E-state index is 6.07. The topological polar surface area (TPSA) is 43.8 Å². The number of benzene rings is 1. The molecule has 0 fully saturated rings. The highest BCUT2D eigenvalue weighted by Crippen LogP contribution is 2.28. The summed E-state index contributed by atoms with van der Waals surface area (Å²) >= 11 is 0. The molecule has 0 spiro atoms. The van der Waals surface area contributed by atoms with E-state index in [1.54, 1.807) is 0 Å². The minimum absolute atomic E-state index is 0.166. The number of nitrogens with zero attached hydrogens (tertiary/aromatic N) is 2. The van der Waals surface area contributed by atoms with Crippen molar-refractivity contribution in [3.63, 3.8) is 0 Å². The molecule has 0 aliphatic carbocycles. The van der Waals surface area contributed by atoms with E-state index in [0.717, 1.165) is 11.4 Å². The van der Waals surface area contributed by atoms with Crippen LogP contribution in [0, 0.1) is 27.7 Å². The van der Waals surface area contributed by atoms with Gasteiger partial charge in [-0.2, -0.15) is 5.10 Å². The van der Waals surface area contributed by atoms with E-state index in [4.69, 9.17) is 5.73 Å². The van der Waals surface area contributed by atoms with E-state index >= 15 is 0 Å². The highest BCUT2D eigenvalue weighted by Gasteiger charge is 2.17. The van der Waals surface area contributed by atoms with Gasteiger partial charge < -0.3 is 5.73 Å². The van der Waals surface area contributed by atoms with E-state index in [9.17, 15) is 0 Å². The van der Waals surface area contributed by atoms with Crippen molar-refractivity contribution in [3.8, 4) is 0 Å². The molecule has 0 saturated heterocycles. The van der Waals surface area contributed by atoms with Crippen molar-refractivity contribution < 1.29 is 0 Å². The summed E-state index contributed by atoms with van der Waals surface area (Å²) in [4.78, 5) is 0. The molecular formula is C15H21N3. The SMILES string of the molecule is Cc1cc(C)c(C(C)n2ncc(C)c2N)c(C)c1. The molecule has 2 N–H and O–H groups in total. The molecule has 2 aromatic rings. The van der Waals surface area contributed by atoms with Gasteiger partial charge in [0.1, 0.15) is 5.82 Å². The minimum atomic E-state index is 0.166. The number of anilines is 1. The molecule has 1 atom stereocenters. The molecule has 0 aliphatic heterocycles. The molecule has 1 heterocycles. The second-order valence-electron chi connectivity index (χ2n) is 5.15. The van der Waals surface area contributed by atoms with Gasteiger partial charge in [0.2, 0.25) is 0 Å². The number of hydrogen-bond acceptors (Lipinski definition) is 2. The number of aryl methyl sites for hydroxylation is 4. The second-order valence-corrected chi connectivity index (χ2v) is 5.15. The van der Waals surface area contributed by atoms with E-state index in [1.165, 1.54) is 22.3 Å². The summed E-state index contributed by atoms with van der Waals surface area (Å²) in [5.41, 5.74) is 12.3. The minimum Gasteiger partial charge on any atom is -0.384 e. The van der Waals surface area contributed by atoms with Gasteiger partial charge in [0.05, 0.1) is 12.2 Å². The predicted octanol–water partition coefficient (Wildman–Crippen LogP) is 3.31. The average molecular weight is 243 g/mol. The molecule has 0 aliphatic rings. The van der Waals surface area contributed by atoms with Gasteiger partial charge in [0.15, 0.2) is 0 Å².